The maximum Gasteiger partial charge on any atom is 0.306 e. The zero-order chi connectivity index (χ0) is 22.1. The number of ether oxygens (including phenoxy) is 1. The van der Waals surface area contributed by atoms with Crippen LogP contribution in [0.2, 0.25) is 5.02 Å². The zero-order valence-corrected chi connectivity index (χ0v) is 18.0. The first-order valence-corrected chi connectivity index (χ1v) is 11.1. The van der Waals surface area contributed by atoms with Crippen molar-refractivity contribution in [1.29, 1.82) is 0 Å². The van der Waals surface area contributed by atoms with Crippen molar-refractivity contribution in [3.05, 3.63) is 65.7 Å². The highest BCUT2D eigenvalue weighted by Crippen LogP contribution is 2.32. The fraction of sp³-hybridized carbons (Fsp3) is 0.240. The molecule has 2 N–H and O–H groups in total. The van der Waals surface area contributed by atoms with Gasteiger partial charge in [0.1, 0.15) is 6.10 Å². The molecule has 0 bridgehead atoms. The Labute approximate surface area is 190 Å². The van der Waals surface area contributed by atoms with Crippen LogP contribution in [0.4, 0.5) is 0 Å². The van der Waals surface area contributed by atoms with E-state index in [0.29, 0.717) is 53.6 Å². The lowest BCUT2D eigenvalue weighted by atomic mass is 9.87. The molecule has 1 aliphatic rings. The minimum absolute atomic E-state index is 0.0494. The zero-order valence-electron chi connectivity index (χ0n) is 17.3. The first kappa shape index (κ1) is 20.5. The number of halogens is 1. The summed E-state index contributed by atoms with van der Waals surface area (Å²) in [5, 5.41) is 9.68. The molecule has 4 aromatic rings. The molecule has 2 aromatic carbocycles. The number of hydrogen-bond acceptors (Lipinski definition) is 4. The first-order valence-electron chi connectivity index (χ1n) is 10.7. The number of aromatic amines is 1. The number of imidazole rings is 1. The van der Waals surface area contributed by atoms with Gasteiger partial charge in [0.05, 0.1) is 22.2 Å². The van der Waals surface area contributed by atoms with Gasteiger partial charge in [-0.25, -0.2) is 4.98 Å². The lowest BCUT2D eigenvalue weighted by Gasteiger charge is -2.25. The quantitative estimate of drug-likeness (QED) is 0.393. The Morgan fingerprint density at radius 1 is 0.938 bits per heavy atom. The van der Waals surface area contributed by atoms with E-state index in [-0.39, 0.29) is 12.0 Å². The number of H-pyrrole nitrogens is 1. The molecule has 0 unspecified atom stereocenters. The number of carboxylic acids is 1. The normalized spacial score (nSPS) is 18.5. The van der Waals surface area contributed by atoms with E-state index >= 15 is 0 Å². The van der Waals surface area contributed by atoms with Crippen molar-refractivity contribution in [3.8, 4) is 28.4 Å². The number of aliphatic carboxylic acids is 1. The number of nitrogens with zero attached hydrogens (tertiary/aromatic N) is 2. The third-order valence-electron chi connectivity index (χ3n) is 5.97. The molecule has 6 nitrogen and oxygen atoms in total. The van der Waals surface area contributed by atoms with Crippen molar-refractivity contribution in [2.45, 2.75) is 31.8 Å². The molecule has 0 aliphatic heterocycles. The minimum Gasteiger partial charge on any atom is -0.481 e. The molecule has 0 spiro atoms. The predicted molar refractivity (Wildman–Crippen MR) is 124 cm³/mol. The second-order valence-electron chi connectivity index (χ2n) is 8.11. The van der Waals surface area contributed by atoms with Crippen LogP contribution < -0.4 is 4.74 Å². The van der Waals surface area contributed by atoms with E-state index in [4.69, 9.17) is 21.4 Å². The lowest BCUT2D eigenvalue weighted by Crippen LogP contribution is -2.28. The van der Waals surface area contributed by atoms with Gasteiger partial charge in [-0.2, -0.15) is 4.98 Å². The Morgan fingerprint density at radius 3 is 2.28 bits per heavy atom. The highest BCUT2D eigenvalue weighted by Gasteiger charge is 2.27. The summed E-state index contributed by atoms with van der Waals surface area (Å²) in [6.45, 7) is 0. The third-order valence-corrected chi connectivity index (χ3v) is 6.26. The largest absolute Gasteiger partial charge is 0.481 e. The van der Waals surface area contributed by atoms with E-state index in [1.165, 1.54) is 0 Å². The number of carbonyl (C=O) groups is 1. The van der Waals surface area contributed by atoms with Crippen molar-refractivity contribution in [2.75, 3.05) is 0 Å². The number of pyridine rings is 1. The van der Waals surface area contributed by atoms with Crippen LogP contribution in [0.3, 0.4) is 0 Å². The predicted octanol–water partition coefficient (Wildman–Crippen LogP) is 5.97. The number of benzene rings is 2. The van der Waals surface area contributed by atoms with Crippen molar-refractivity contribution in [2.24, 2.45) is 5.92 Å². The van der Waals surface area contributed by atoms with Crippen LogP contribution in [-0.2, 0) is 4.79 Å². The SMILES string of the molecule is O=C(O)C1CCC(Oc2nc3nc(-c4ccc(-c5ccccc5)cc4)c(Cl)cc3[nH]2)CC1. The van der Waals surface area contributed by atoms with Crippen LogP contribution in [0.25, 0.3) is 33.5 Å². The maximum absolute atomic E-state index is 11.1. The molecule has 1 aliphatic carbocycles. The molecule has 0 saturated heterocycles. The second-order valence-corrected chi connectivity index (χ2v) is 8.51. The number of hydrogen-bond donors (Lipinski definition) is 2. The van der Waals surface area contributed by atoms with E-state index in [0.717, 1.165) is 16.7 Å². The van der Waals surface area contributed by atoms with Gasteiger partial charge in [0.15, 0.2) is 5.65 Å². The molecule has 2 aromatic heterocycles. The van der Waals surface area contributed by atoms with Crippen LogP contribution in [0.1, 0.15) is 25.7 Å². The van der Waals surface area contributed by atoms with Gasteiger partial charge in [-0.05, 0) is 42.9 Å². The highest BCUT2D eigenvalue weighted by molar-refractivity contribution is 6.33. The number of aromatic nitrogens is 3. The summed E-state index contributed by atoms with van der Waals surface area (Å²) < 4.78 is 5.98. The highest BCUT2D eigenvalue weighted by atomic mass is 35.5. The fourth-order valence-electron chi connectivity index (χ4n) is 4.19. The van der Waals surface area contributed by atoms with Gasteiger partial charge in [0, 0.05) is 5.56 Å². The smallest absolute Gasteiger partial charge is 0.306 e. The standard InChI is InChI=1S/C25H22ClN3O3/c26-20-14-21-23(29-25(27-21)32-19-12-10-18(11-13-19)24(30)31)28-22(20)17-8-6-16(7-9-17)15-4-2-1-3-5-15/h1-9,14,18-19H,10-13H2,(H,30,31)(H,27,28,29). The Bertz CT molecular complexity index is 1250. The maximum atomic E-state index is 11.1. The van der Waals surface area contributed by atoms with Gasteiger partial charge in [-0.1, -0.05) is 66.2 Å². The van der Waals surface area contributed by atoms with E-state index in [1.807, 2.05) is 36.4 Å². The van der Waals surface area contributed by atoms with Crippen molar-refractivity contribution in [1.82, 2.24) is 15.0 Å². The summed E-state index contributed by atoms with van der Waals surface area (Å²) in [6, 6.07) is 20.5. The summed E-state index contributed by atoms with van der Waals surface area (Å²) in [5.74, 6) is -1.00. The number of nitrogens with one attached hydrogen (secondary N) is 1. The Morgan fingerprint density at radius 2 is 1.59 bits per heavy atom. The van der Waals surface area contributed by atoms with Crippen molar-refractivity contribution < 1.29 is 14.6 Å². The molecule has 1 fully saturated rings. The molecular formula is C25H22ClN3O3. The minimum atomic E-state index is -0.727. The number of fused-ring (bicyclic) bond motifs is 1. The number of rotatable bonds is 5. The average Bonchev–Trinajstić information content (AvgIpc) is 3.20. The van der Waals surface area contributed by atoms with E-state index in [2.05, 4.69) is 39.2 Å². The van der Waals surface area contributed by atoms with Gasteiger partial charge >= 0.3 is 5.97 Å². The molecule has 0 amide bonds. The summed E-state index contributed by atoms with van der Waals surface area (Å²) in [4.78, 5) is 23.4. The Kier molecular flexibility index (Phi) is 5.53. The van der Waals surface area contributed by atoms with Gasteiger partial charge in [0.25, 0.3) is 6.01 Å². The molecular weight excluding hydrogens is 426 g/mol. The van der Waals surface area contributed by atoms with Gasteiger partial charge in [-0.15, -0.1) is 0 Å². The number of carboxylic acid groups (broad SMARTS) is 1. The third kappa shape index (κ3) is 4.18. The summed E-state index contributed by atoms with van der Waals surface area (Å²) in [5.41, 5.74) is 5.09. The second kappa shape index (κ2) is 8.63. The molecule has 5 rings (SSSR count). The van der Waals surface area contributed by atoms with Crippen LogP contribution >= 0.6 is 11.6 Å². The van der Waals surface area contributed by atoms with Gasteiger partial charge < -0.3 is 14.8 Å². The molecule has 162 valence electrons. The molecule has 2 heterocycles. The lowest BCUT2D eigenvalue weighted by molar-refractivity contribution is -0.143. The monoisotopic (exact) mass is 447 g/mol. The molecule has 0 radical (unpaired) electrons. The average molecular weight is 448 g/mol. The van der Waals surface area contributed by atoms with E-state index in [1.54, 1.807) is 0 Å². The summed E-state index contributed by atoms with van der Waals surface area (Å²) in [7, 11) is 0. The first-order chi connectivity index (χ1) is 15.6. The van der Waals surface area contributed by atoms with Crippen LogP contribution in [0.15, 0.2) is 60.7 Å². The molecule has 0 atom stereocenters. The van der Waals surface area contributed by atoms with Gasteiger partial charge in [-0.3, -0.25) is 4.79 Å². The molecule has 7 heteroatoms. The molecule has 32 heavy (non-hydrogen) atoms. The Hall–Kier alpha value is -3.38. The molecule has 1 saturated carbocycles. The summed E-state index contributed by atoms with van der Waals surface area (Å²) in [6.07, 6.45) is 2.58. The van der Waals surface area contributed by atoms with Crippen molar-refractivity contribution >= 4 is 28.7 Å². The van der Waals surface area contributed by atoms with Crippen LogP contribution in [0, 0.1) is 5.92 Å². The Balaban J connectivity index is 1.35. The van der Waals surface area contributed by atoms with Crippen LogP contribution in [0.5, 0.6) is 6.01 Å². The summed E-state index contributed by atoms with van der Waals surface area (Å²) >= 11 is 6.53. The van der Waals surface area contributed by atoms with Crippen molar-refractivity contribution in [3.63, 3.8) is 0 Å². The van der Waals surface area contributed by atoms with E-state index in [9.17, 15) is 4.79 Å². The van der Waals surface area contributed by atoms with E-state index < -0.39 is 5.97 Å². The van der Waals surface area contributed by atoms with Gasteiger partial charge in [0.2, 0.25) is 0 Å². The fourth-order valence-corrected chi connectivity index (χ4v) is 4.45. The topological polar surface area (TPSA) is 88.1 Å². The van der Waals surface area contributed by atoms with Crippen LogP contribution in [-0.4, -0.2) is 32.1 Å².